The topological polar surface area (TPSA) is 17.8 Å². The Bertz CT molecular complexity index is 423. The van der Waals surface area contributed by atoms with Crippen molar-refractivity contribution in [2.45, 2.75) is 26.2 Å². The normalized spacial score (nSPS) is 10.6. The van der Waals surface area contributed by atoms with Gasteiger partial charge in [-0.05, 0) is 0 Å². The number of nitrogens with zero attached hydrogens (tertiary/aromatic N) is 2. The van der Waals surface area contributed by atoms with Crippen LogP contribution in [0, 0.1) is 0 Å². The van der Waals surface area contributed by atoms with Crippen LogP contribution in [0.4, 0.5) is 0 Å². The van der Waals surface area contributed by atoms with E-state index in [1.165, 1.54) is 23.1 Å². The fourth-order valence-corrected chi connectivity index (χ4v) is 3.33. The molecule has 1 aromatic heterocycles. The Labute approximate surface area is 103 Å². The summed E-state index contributed by atoms with van der Waals surface area (Å²) in [4.78, 5) is 4.43. The molecule has 0 radical (unpaired) electrons. The second kappa shape index (κ2) is 5.88. The number of rotatable bonds is 5. The second-order valence-corrected chi connectivity index (χ2v) is 5.87. The Kier molecular flexibility index (Phi) is 4.20. The molecule has 0 atom stereocenters. The molecule has 1 heterocycles. The molecular weight excluding hydrogens is 263 g/mol. The summed E-state index contributed by atoms with van der Waals surface area (Å²) >= 11 is 0.334. The molecule has 0 bridgehead atoms. The minimum absolute atomic E-state index is 0.334. The SMILES string of the molecule is CCCCc1nccn1[Se]c1ccccc1. The average molecular weight is 279 g/mol. The van der Waals surface area contributed by atoms with Crippen molar-refractivity contribution in [1.82, 2.24) is 8.57 Å². The van der Waals surface area contributed by atoms with Crippen LogP contribution in [-0.4, -0.2) is 23.7 Å². The Morgan fingerprint density at radius 2 is 2.06 bits per heavy atom. The van der Waals surface area contributed by atoms with Crippen LogP contribution >= 0.6 is 0 Å². The number of aryl methyl sites for hydroxylation is 1. The molecule has 0 aliphatic heterocycles. The minimum atomic E-state index is 0.334. The summed E-state index contributed by atoms with van der Waals surface area (Å²) in [7, 11) is 0. The zero-order valence-electron chi connectivity index (χ0n) is 9.47. The fourth-order valence-electron chi connectivity index (χ4n) is 1.51. The number of imidazole rings is 1. The molecule has 0 saturated heterocycles. The molecule has 2 aromatic rings. The van der Waals surface area contributed by atoms with E-state index in [1.807, 2.05) is 6.20 Å². The molecule has 0 saturated carbocycles. The van der Waals surface area contributed by atoms with Crippen LogP contribution in [0.1, 0.15) is 25.6 Å². The van der Waals surface area contributed by atoms with Crippen LogP contribution in [0.25, 0.3) is 0 Å². The molecule has 0 amide bonds. The van der Waals surface area contributed by atoms with Crippen molar-refractivity contribution in [3.8, 4) is 0 Å². The van der Waals surface area contributed by atoms with Gasteiger partial charge in [0.15, 0.2) is 0 Å². The first-order chi connectivity index (χ1) is 7.90. The molecule has 3 heteroatoms. The molecule has 0 aliphatic carbocycles. The Balaban J connectivity index is 2.07. The number of unbranched alkanes of at least 4 members (excludes halogenated alkanes) is 1. The first-order valence-electron chi connectivity index (χ1n) is 5.65. The summed E-state index contributed by atoms with van der Waals surface area (Å²) < 4.78 is 3.70. The third-order valence-electron chi connectivity index (χ3n) is 2.38. The van der Waals surface area contributed by atoms with Gasteiger partial charge in [-0.3, -0.25) is 0 Å². The predicted octanol–water partition coefficient (Wildman–Crippen LogP) is 2.02. The first-order valence-corrected chi connectivity index (χ1v) is 7.28. The monoisotopic (exact) mass is 280 g/mol. The summed E-state index contributed by atoms with van der Waals surface area (Å²) in [5, 5.41) is 0. The molecular formula is C13H16N2Se. The van der Waals surface area contributed by atoms with Crippen LogP contribution in [0.5, 0.6) is 0 Å². The molecule has 2 rings (SSSR count). The van der Waals surface area contributed by atoms with E-state index < -0.39 is 0 Å². The predicted molar refractivity (Wildman–Crippen MR) is 68.1 cm³/mol. The van der Waals surface area contributed by atoms with Crippen LogP contribution in [0.15, 0.2) is 42.7 Å². The number of hydrogen-bond acceptors (Lipinski definition) is 1. The van der Waals surface area contributed by atoms with Gasteiger partial charge in [-0.15, -0.1) is 0 Å². The van der Waals surface area contributed by atoms with Gasteiger partial charge in [0.1, 0.15) is 0 Å². The molecule has 0 fully saturated rings. The van der Waals surface area contributed by atoms with Crippen molar-refractivity contribution < 1.29 is 0 Å². The third-order valence-corrected chi connectivity index (χ3v) is 4.50. The second-order valence-electron chi connectivity index (χ2n) is 3.68. The molecule has 0 N–H and O–H groups in total. The van der Waals surface area contributed by atoms with Gasteiger partial charge in [0.25, 0.3) is 0 Å². The Hall–Kier alpha value is -1.05. The van der Waals surface area contributed by atoms with Crippen molar-refractivity contribution in [1.29, 1.82) is 0 Å². The van der Waals surface area contributed by atoms with Crippen LogP contribution in [-0.2, 0) is 6.42 Å². The van der Waals surface area contributed by atoms with Crippen molar-refractivity contribution in [3.63, 3.8) is 0 Å². The van der Waals surface area contributed by atoms with Gasteiger partial charge < -0.3 is 0 Å². The summed E-state index contributed by atoms with van der Waals surface area (Å²) in [6.07, 6.45) is 7.55. The van der Waals surface area contributed by atoms with Gasteiger partial charge in [-0.2, -0.15) is 0 Å². The average Bonchev–Trinajstić information content (AvgIpc) is 2.75. The summed E-state index contributed by atoms with van der Waals surface area (Å²) in [5.41, 5.74) is 0. The van der Waals surface area contributed by atoms with Crippen LogP contribution < -0.4 is 4.46 Å². The van der Waals surface area contributed by atoms with Crippen molar-refractivity contribution in [2.75, 3.05) is 0 Å². The Morgan fingerprint density at radius 3 is 2.81 bits per heavy atom. The van der Waals surface area contributed by atoms with E-state index >= 15 is 0 Å². The van der Waals surface area contributed by atoms with Gasteiger partial charge in [-0.25, -0.2) is 0 Å². The molecule has 2 nitrogen and oxygen atoms in total. The zero-order valence-corrected chi connectivity index (χ0v) is 11.2. The molecule has 0 unspecified atom stereocenters. The maximum atomic E-state index is 4.43. The summed E-state index contributed by atoms with van der Waals surface area (Å²) in [6.45, 7) is 2.22. The zero-order chi connectivity index (χ0) is 11.2. The molecule has 84 valence electrons. The van der Waals surface area contributed by atoms with E-state index in [1.54, 1.807) is 0 Å². The molecule has 0 spiro atoms. The standard InChI is InChI=1S/C13H16N2Se/c1-2-3-9-13-14-10-11-15(13)16-12-7-5-4-6-8-12/h4-8,10-11H,2-3,9H2,1H3. The number of hydrogen-bond donors (Lipinski definition) is 0. The van der Waals surface area contributed by atoms with E-state index in [9.17, 15) is 0 Å². The van der Waals surface area contributed by atoms with Gasteiger partial charge in [0.05, 0.1) is 0 Å². The first kappa shape index (κ1) is 11.4. The van der Waals surface area contributed by atoms with E-state index in [0.717, 1.165) is 6.42 Å². The van der Waals surface area contributed by atoms with Crippen molar-refractivity contribution in [3.05, 3.63) is 48.5 Å². The quantitative estimate of drug-likeness (QED) is 0.766. The molecule has 1 aromatic carbocycles. The van der Waals surface area contributed by atoms with Gasteiger partial charge in [-0.1, -0.05) is 0 Å². The number of aromatic nitrogens is 2. The number of benzene rings is 1. The Morgan fingerprint density at radius 1 is 1.25 bits per heavy atom. The van der Waals surface area contributed by atoms with Crippen LogP contribution in [0.2, 0.25) is 0 Å². The van der Waals surface area contributed by atoms with Gasteiger partial charge in [0, 0.05) is 0 Å². The van der Waals surface area contributed by atoms with E-state index in [2.05, 4.69) is 52.0 Å². The summed E-state index contributed by atoms with van der Waals surface area (Å²) in [6, 6.07) is 10.6. The van der Waals surface area contributed by atoms with Crippen LogP contribution in [0.3, 0.4) is 0 Å². The van der Waals surface area contributed by atoms with Crippen molar-refractivity contribution in [2.24, 2.45) is 0 Å². The molecule has 0 aliphatic rings. The van der Waals surface area contributed by atoms with E-state index in [0.29, 0.717) is 15.2 Å². The molecule has 16 heavy (non-hydrogen) atoms. The van der Waals surface area contributed by atoms with Crippen molar-refractivity contribution >= 4 is 19.6 Å². The maximum absolute atomic E-state index is 4.43. The van der Waals surface area contributed by atoms with Gasteiger partial charge >= 0.3 is 103 Å². The van der Waals surface area contributed by atoms with E-state index in [-0.39, 0.29) is 0 Å². The fraction of sp³-hybridized carbons (Fsp3) is 0.308. The third kappa shape index (κ3) is 2.97. The van der Waals surface area contributed by atoms with E-state index in [4.69, 9.17) is 0 Å². The van der Waals surface area contributed by atoms with Gasteiger partial charge in [0.2, 0.25) is 0 Å². The summed E-state index contributed by atoms with van der Waals surface area (Å²) in [5.74, 6) is 1.23.